The van der Waals surface area contributed by atoms with E-state index in [0.29, 0.717) is 5.02 Å². The highest BCUT2D eigenvalue weighted by molar-refractivity contribution is 6.31. The molecular formula is C26H27ClN4O. The Morgan fingerprint density at radius 1 is 1.03 bits per heavy atom. The molecule has 0 aliphatic rings. The summed E-state index contributed by atoms with van der Waals surface area (Å²) in [7, 11) is 0. The van der Waals surface area contributed by atoms with Gasteiger partial charge in [-0.1, -0.05) is 41.9 Å². The summed E-state index contributed by atoms with van der Waals surface area (Å²) in [6.45, 7) is 8.30. The Bertz CT molecular complexity index is 1250. The lowest BCUT2D eigenvalue weighted by molar-refractivity contribution is -0.116. The quantitative estimate of drug-likeness (QED) is 0.370. The fourth-order valence-electron chi connectivity index (χ4n) is 3.98. The number of halogens is 1. The van der Waals surface area contributed by atoms with E-state index in [0.717, 1.165) is 52.2 Å². The monoisotopic (exact) mass is 446 g/mol. The van der Waals surface area contributed by atoms with Gasteiger partial charge in [0.25, 0.3) is 0 Å². The first-order valence-corrected chi connectivity index (χ1v) is 11.2. The van der Waals surface area contributed by atoms with Crippen molar-refractivity contribution in [3.63, 3.8) is 0 Å². The maximum atomic E-state index is 12.9. The van der Waals surface area contributed by atoms with Crippen LogP contribution in [0.1, 0.15) is 19.4 Å². The maximum Gasteiger partial charge on any atom is 0.246 e. The molecule has 5 nitrogen and oxygen atoms in total. The van der Waals surface area contributed by atoms with Crippen LogP contribution >= 0.6 is 11.6 Å². The molecule has 0 fully saturated rings. The van der Waals surface area contributed by atoms with E-state index in [1.807, 2.05) is 61.5 Å². The minimum atomic E-state index is -0.123. The summed E-state index contributed by atoms with van der Waals surface area (Å²) in [5.41, 5.74) is 5.68. The van der Waals surface area contributed by atoms with Crippen LogP contribution in [0.15, 0.2) is 66.7 Å². The van der Waals surface area contributed by atoms with Crippen molar-refractivity contribution in [3.05, 3.63) is 77.3 Å². The molecule has 0 spiro atoms. The minimum absolute atomic E-state index is 0.113. The number of nitrogens with one attached hydrogen (secondary N) is 1. The third-order valence-electron chi connectivity index (χ3n) is 5.67. The van der Waals surface area contributed by atoms with Gasteiger partial charge in [0.1, 0.15) is 12.2 Å². The zero-order chi connectivity index (χ0) is 22.7. The number of aromatic nitrogens is 2. The van der Waals surface area contributed by atoms with Crippen molar-refractivity contribution in [2.75, 3.05) is 23.3 Å². The molecule has 0 radical (unpaired) electrons. The van der Waals surface area contributed by atoms with Gasteiger partial charge in [0.15, 0.2) is 0 Å². The second kappa shape index (κ2) is 9.45. The van der Waals surface area contributed by atoms with E-state index in [1.54, 1.807) is 4.68 Å². The van der Waals surface area contributed by atoms with E-state index >= 15 is 0 Å². The van der Waals surface area contributed by atoms with Crippen LogP contribution in [0.5, 0.6) is 0 Å². The number of nitrogens with zero attached hydrogens (tertiary/aromatic N) is 3. The summed E-state index contributed by atoms with van der Waals surface area (Å²) < 4.78 is 1.74. The average molecular weight is 447 g/mol. The molecule has 6 heteroatoms. The molecule has 4 aromatic rings. The third-order valence-corrected chi connectivity index (χ3v) is 5.90. The van der Waals surface area contributed by atoms with Gasteiger partial charge in [-0.2, -0.15) is 5.10 Å². The number of fused-ring (bicyclic) bond motifs is 1. The van der Waals surface area contributed by atoms with E-state index in [-0.39, 0.29) is 12.5 Å². The van der Waals surface area contributed by atoms with Gasteiger partial charge >= 0.3 is 0 Å². The van der Waals surface area contributed by atoms with Gasteiger partial charge in [0, 0.05) is 40.4 Å². The molecule has 4 rings (SSSR count). The van der Waals surface area contributed by atoms with Crippen LogP contribution in [-0.2, 0) is 11.3 Å². The van der Waals surface area contributed by atoms with Crippen LogP contribution in [-0.4, -0.2) is 28.8 Å². The minimum Gasteiger partial charge on any atom is -0.372 e. The van der Waals surface area contributed by atoms with Crippen molar-refractivity contribution >= 4 is 39.8 Å². The Balaban J connectivity index is 1.60. The van der Waals surface area contributed by atoms with E-state index in [2.05, 4.69) is 36.2 Å². The molecule has 0 bridgehead atoms. The molecule has 0 unspecified atom stereocenters. The van der Waals surface area contributed by atoms with Crippen LogP contribution in [0.25, 0.3) is 22.2 Å². The number of hydrogen-bond acceptors (Lipinski definition) is 3. The van der Waals surface area contributed by atoms with Crippen LogP contribution in [0.2, 0.25) is 5.02 Å². The standard InChI is InChI=1S/C26H27ClN4O/c1-4-30(5-2)21-12-13-23(18(3)15-21)28-25(32)17-31-24-14-11-20(27)16-22(24)26(29-31)19-9-7-6-8-10-19/h6-16H,4-5,17H2,1-3H3,(H,28,32). The molecule has 0 saturated heterocycles. The number of rotatable bonds is 7. The topological polar surface area (TPSA) is 50.2 Å². The first kappa shape index (κ1) is 21.9. The molecule has 1 heterocycles. The lowest BCUT2D eigenvalue weighted by Gasteiger charge is -2.22. The van der Waals surface area contributed by atoms with Gasteiger partial charge in [-0.25, -0.2) is 0 Å². The maximum absolute atomic E-state index is 12.9. The van der Waals surface area contributed by atoms with Gasteiger partial charge in [-0.15, -0.1) is 0 Å². The summed E-state index contributed by atoms with van der Waals surface area (Å²) in [6, 6.07) is 21.7. The van der Waals surface area contributed by atoms with E-state index in [1.165, 1.54) is 0 Å². The van der Waals surface area contributed by atoms with Crippen LogP contribution < -0.4 is 10.2 Å². The number of aryl methyl sites for hydroxylation is 1. The number of anilines is 2. The lowest BCUT2D eigenvalue weighted by atomic mass is 10.1. The Labute approximate surface area is 193 Å². The Kier molecular flexibility index (Phi) is 6.47. The molecule has 32 heavy (non-hydrogen) atoms. The van der Waals surface area contributed by atoms with Gasteiger partial charge < -0.3 is 10.2 Å². The molecule has 3 aromatic carbocycles. The summed E-state index contributed by atoms with van der Waals surface area (Å²) in [5.74, 6) is -0.123. The first-order valence-electron chi connectivity index (χ1n) is 10.9. The van der Waals surface area contributed by atoms with E-state index in [9.17, 15) is 4.79 Å². The highest BCUT2D eigenvalue weighted by atomic mass is 35.5. The van der Waals surface area contributed by atoms with E-state index < -0.39 is 0 Å². The summed E-state index contributed by atoms with van der Waals surface area (Å²) >= 11 is 6.25. The Morgan fingerprint density at radius 3 is 2.47 bits per heavy atom. The second-order valence-electron chi connectivity index (χ2n) is 7.75. The summed E-state index contributed by atoms with van der Waals surface area (Å²) in [6.07, 6.45) is 0. The van der Waals surface area contributed by atoms with Crippen molar-refractivity contribution in [2.45, 2.75) is 27.3 Å². The molecule has 0 aliphatic carbocycles. The zero-order valence-corrected chi connectivity index (χ0v) is 19.4. The van der Waals surface area contributed by atoms with Crippen molar-refractivity contribution < 1.29 is 4.79 Å². The number of hydrogen-bond donors (Lipinski definition) is 1. The smallest absolute Gasteiger partial charge is 0.246 e. The number of carbonyl (C=O) groups excluding carboxylic acids is 1. The van der Waals surface area contributed by atoms with Crippen LogP contribution in [0.3, 0.4) is 0 Å². The van der Waals surface area contributed by atoms with Crippen molar-refractivity contribution in [2.24, 2.45) is 0 Å². The van der Waals surface area contributed by atoms with Crippen LogP contribution in [0, 0.1) is 6.92 Å². The van der Waals surface area contributed by atoms with Crippen molar-refractivity contribution in [3.8, 4) is 11.3 Å². The molecule has 0 aliphatic heterocycles. The predicted octanol–water partition coefficient (Wildman–Crippen LogP) is 6.15. The molecule has 164 valence electrons. The van der Waals surface area contributed by atoms with Crippen LogP contribution in [0.4, 0.5) is 11.4 Å². The van der Waals surface area contributed by atoms with Gasteiger partial charge in [0.05, 0.1) is 5.52 Å². The number of amides is 1. The van der Waals surface area contributed by atoms with E-state index in [4.69, 9.17) is 16.7 Å². The summed E-state index contributed by atoms with van der Waals surface area (Å²) in [4.78, 5) is 15.2. The van der Waals surface area contributed by atoms with Crippen molar-refractivity contribution in [1.82, 2.24) is 9.78 Å². The largest absolute Gasteiger partial charge is 0.372 e. The Hall–Kier alpha value is -3.31. The zero-order valence-electron chi connectivity index (χ0n) is 18.6. The fraction of sp³-hybridized carbons (Fsp3) is 0.231. The number of benzene rings is 3. The van der Waals surface area contributed by atoms with Gasteiger partial charge in [-0.05, 0) is 62.7 Å². The molecule has 1 N–H and O–H groups in total. The highest BCUT2D eigenvalue weighted by Gasteiger charge is 2.16. The van der Waals surface area contributed by atoms with Gasteiger partial charge in [-0.3, -0.25) is 9.48 Å². The molecule has 1 aromatic heterocycles. The van der Waals surface area contributed by atoms with Crippen molar-refractivity contribution in [1.29, 1.82) is 0 Å². The molecule has 0 atom stereocenters. The first-order chi connectivity index (χ1) is 15.5. The number of carbonyl (C=O) groups is 1. The normalized spacial score (nSPS) is 11.0. The molecular weight excluding hydrogens is 420 g/mol. The Morgan fingerprint density at radius 2 is 1.78 bits per heavy atom. The highest BCUT2D eigenvalue weighted by Crippen LogP contribution is 2.30. The predicted molar refractivity (Wildman–Crippen MR) is 134 cm³/mol. The molecule has 0 saturated carbocycles. The lowest BCUT2D eigenvalue weighted by Crippen LogP contribution is -2.22. The summed E-state index contributed by atoms with van der Waals surface area (Å²) in [5, 5.41) is 9.36. The average Bonchev–Trinajstić information content (AvgIpc) is 3.14. The second-order valence-corrected chi connectivity index (χ2v) is 8.19. The third kappa shape index (κ3) is 4.48. The fourth-order valence-corrected chi connectivity index (χ4v) is 4.15. The SMILES string of the molecule is CCN(CC)c1ccc(NC(=O)Cn2nc(-c3ccccc3)c3cc(Cl)ccc32)c(C)c1. The molecule has 1 amide bonds. The van der Waals surface area contributed by atoms with Gasteiger partial charge in [0.2, 0.25) is 5.91 Å².